The fourth-order valence-electron chi connectivity index (χ4n) is 3.64. The standard InChI is InChI=1S/C30H38N3O6P/c1-3-19-31-40(36,32-20-4-2)39-27-17-15-24(16-18-27)21-28(29(34)37-22-25-11-7-5-8-12-25)33-30(35)38-23-26-13-9-6-10-14-26/h5-18,28H,3-4,19-23H2,1-2H3,(H,33,35)(H2,31,32,36)/t28-/m0/s1. The number of hydrogen-bond acceptors (Lipinski definition) is 6. The maximum Gasteiger partial charge on any atom is 0.408 e. The number of amides is 1. The van der Waals surface area contributed by atoms with Crippen molar-refractivity contribution in [2.24, 2.45) is 0 Å². The first-order chi connectivity index (χ1) is 19.4. The molecule has 1 atom stereocenters. The number of esters is 1. The van der Waals surface area contributed by atoms with Crippen LogP contribution in [0.3, 0.4) is 0 Å². The Labute approximate surface area is 236 Å². The Morgan fingerprint density at radius 3 is 1.77 bits per heavy atom. The first kappa shape index (κ1) is 30.9. The second kappa shape index (κ2) is 16.5. The Morgan fingerprint density at radius 1 is 0.725 bits per heavy atom. The van der Waals surface area contributed by atoms with Crippen molar-refractivity contribution in [2.45, 2.75) is 52.4 Å². The molecule has 0 aliphatic heterocycles. The number of hydrogen-bond donors (Lipinski definition) is 3. The van der Waals surface area contributed by atoms with Crippen molar-refractivity contribution in [1.29, 1.82) is 0 Å². The summed E-state index contributed by atoms with van der Waals surface area (Å²) in [5, 5.41) is 8.57. The molecule has 0 saturated heterocycles. The van der Waals surface area contributed by atoms with Crippen molar-refractivity contribution < 1.29 is 28.2 Å². The van der Waals surface area contributed by atoms with Gasteiger partial charge in [0, 0.05) is 19.5 Å². The molecule has 40 heavy (non-hydrogen) atoms. The minimum atomic E-state index is -3.27. The number of rotatable bonds is 16. The highest BCUT2D eigenvalue weighted by Crippen LogP contribution is 2.38. The molecule has 0 heterocycles. The van der Waals surface area contributed by atoms with E-state index in [0.717, 1.165) is 29.5 Å². The van der Waals surface area contributed by atoms with Crippen LogP contribution in [0.25, 0.3) is 0 Å². The predicted octanol–water partition coefficient (Wildman–Crippen LogP) is 5.75. The van der Waals surface area contributed by atoms with Crippen LogP contribution < -0.4 is 20.0 Å². The second-order valence-corrected chi connectivity index (χ2v) is 11.1. The van der Waals surface area contributed by atoms with Gasteiger partial charge in [0.05, 0.1) is 0 Å². The third kappa shape index (κ3) is 10.8. The number of carbonyl (C=O) groups is 2. The molecule has 0 aliphatic carbocycles. The minimum Gasteiger partial charge on any atom is -0.459 e. The van der Waals surface area contributed by atoms with E-state index < -0.39 is 25.8 Å². The lowest BCUT2D eigenvalue weighted by atomic mass is 10.1. The molecule has 0 aliphatic rings. The quantitative estimate of drug-likeness (QED) is 0.148. The van der Waals surface area contributed by atoms with E-state index >= 15 is 0 Å². The van der Waals surface area contributed by atoms with E-state index in [4.69, 9.17) is 14.0 Å². The molecule has 3 rings (SSSR count). The van der Waals surface area contributed by atoms with Crippen molar-refractivity contribution in [3.63, 3.8) is 0 Å². The van der Waals surface area contributed by atoms with Gasteiger partial charge in [0.1, 0.15) is 25.0 Å². The van der Waals surface area contributed by atoms with E-state index in [2.05, 4.69) is 15.5 Å². The first-order valence-corrected chi connectivity index (χ1v) is 15.1. The van der Waals surface area contributed by atoms with E-state index in [1.165, 1.54) is 0 Å². The average molecular weight is 568 g/mol. The Balaban J connectivity index is 1.66. The second-order valence-electron chi connectivity index (χ2n) is 9.16. The van der Waals surface area contributed by atoms with Crippen LogP contribution >= 0.6 is 7.67 Å². The summed E-state index contributed by atoms with van der Waals surface area (Å²) in [6, 6.07) is 24.5. The highest BCUT2D eigenvalue weighted by atomic mass is 31.2. The molecule has 9 nitrogen and oxygen atoms in total. The van der Waals surface area contributed by atoms with E-state index in [0.29, 0.717) is 18.8 Å². The van der Waals surface area contributed by atoms with Crippen LogP contribution in [0.1, 0.15) is 43.4 Å². The molecular formula is C30H38N3O6P. The van der Waals surface area contributed by atoms with Crippen LogP contribution in [-0.4, -0.2) is 31.2 Å². The summed E-state index contributed by atoms with van der Waals surface area (Å²) in [7, 11) is -3.27. The Kier molecular flexibility index (Phi) is 12.7. The normalized spacial score (nSPS) is 11.8. The largest absolute Gasteiger partial charge is 0.459 e. The molecule has 0 aromatic heterocycles. The van der Waals surface area contributed by atoms with Crippen LogP contribution in [0.4, 0.5) is 4.79 Å². The average Bonchev–Trinajstić information content (AvgIpc) is 2.98. The Morgan fingerprint density at radius 2 is 1.25 bits per heavy atom. The monoisotopic (exact) mass is 567 g/mol. The molecule has 3 N–H and O–H groups in total. The van der Waals surface area contributed by atoms with Crippen molar-refractivity contribution >= 4 is 19.7 Å². The fourth-order valence-corrected chi connectivity index (χ4v) is 5.33. The summed E-state index contributed by atoms with van der Waals surface area (Å²) in [5.41, 5.74) is 2.41. The number of nitrogens with one attached hydrogen (secondary N) is 3. The zero-order valence-corrected chi connectivity index (χ0v) is 23.9. The molecule has 10 heteroatoms. The number of benzene rings is 3. The van der Waals surface area contributed by atoms with Gasteiger partial charge in [-0.1, -0.05) is 86.6 Å². The minimum absolute atomic E-state index is 0.0721. The zero-order chi connectivity index (χ0) is 28.6. The van der Waals surface area contributed by atoms with Gasteiger partial charge in [0.15, 0.2) is 0 Å². The highest BCUT2D eigenvalue weighted by Gasteiger charge is 2.25. The van der Waals surface area contributed by atoms with Crippen LogP contribution in [0.15, 0.2) is 84.9 Å². The molecule has 0 unspecified atom stereocenters. The highest BCUT2D eigenvalue weighted by molar-refractivity contribution is 7.55. The summed E-state index contributed by atoms with van der Waals surface area (Å²) >= 11 is 0. The molecular weight excluding hydrogens is 529 g/mol. The Bertz CT molecular complexity index is 1210. The lowest BCUT2D eigenvalue weighted by molar-refractivity contribution is -0.147. The molecule has 214 valence electrons. The summed E-state index contributed by atoms with van der Waals surface area (Å²) in [5.74, 6) is -0.171. The third-order valence-electron chi connectivity index (χ3n) is 5.75. The van der Waals surface area contributed by atoms with Gasteiger partial charge >= 0.3 is 19.7 Å². The molecule has 0 spiro atoms. The van der Waals surface area contributed by atoms with Gasteiger partial charge in [-0.25, -0.2) is 24.3 Å². The molecule has 1 amide bonds. The van der Waals surface area contributed by atoms with Crippen molar-refractivity contribution in [1.82, 2.24) is 15.5 Å². The van der Waals surface area contributed by atoms with E-state index in [1.807, 2.05) is 74.5 Å². The molecule has 0 saturated carbocycles. The first-order valence-electron chi connectivity index (χ1n) is 13.5. The molecule has 0 radical (unpaired) electrons. The van der Waals surface area contributed by atoms with Gasteiger partial charge in [0.25, 0.3) is 0 Å². The van der Waals surface area contributed by atoms with Crippen molar-refractivity contribution in [2.75, 3.05) is 13.1 Å². The van der Waals surface area contributed by atoms with Crippen LogP contribution in [0.2, 0.25) is 0 Å². The van der Waals surface area contributed by atoms with Crippen molar-refractivity contribution in [3.8, 4) is 5.75 Å². The van der Waals surface area contributed by atoms with Gasteiger partial charge in [-0.3, -0.25) is 0 Å². The van der Waals surface area contributed by atoms with Gasteiger partial charge in [0.2, 0.25) is 0 Å². The van der Waals surface area contributed by atoms with E-state index in [9.17, 15) is 14.2 Å². The molecule has 0 fully saturated rings. The fraction of sp³-hybridized carbons (Fsp3) is 0.333. The summed E-state index contributed by atoms with van der Waals surface area (Å²) in [6.07, 6.45) is 1.05. The number of ether oxygens (including phenoxy) is 2. The van der Waals surface area contributed by atoms with Gasteiger partial charge < -0.3 is 19.3 Å². The summed E-state index contributed by atoms with van der Waals surface area (Å²) in [4.78, 5) is 25.6. The lowest BCUT2D eigenvalue weighted by Crippen LogP contribution is -2.43. The van der Waals surface area contributed by atoms with Crippen LogP contribution in [0.5, 0.6) is 5.75 Å². The molecule has 3 aromatic rings. The summed E-state index contributed by atoms with van der Waals surface area (Å²) < 4.78 is 29.8. The Hall–Kier alpha value is -3.65. The molecule has 0 bridgehead atoms. The maximum atomic E-state index is 13.2. The SMILES string of the molecule is CCCNP(=O)(NCCC)Oc1ccc(C[C@H](NC(=O)OCc2ccccc2)C(=O)OCc2ccccc2)cc1. The smallest absolute Gasteiger partial charge is 0.408 e. The van der Waals surface area contributed by atoms with E-state index in [1.54, 1.807) is 24.3 Å². The van der Waals surface area contributed by atoms with Gasteiger partial charge in [-0.05, 0) is 41.7 Å². The van der Waals surface area contributed by atoms with E-state index in [-0.39, 0.29) is 19.6 Å². The molecule has 3 aromatic carbocycles. The van der Waals surface area contributed by atoms with Gasteiger partial charge in [-0.15, -0.1) is 0 Å². The number of alkyl carbamates (subject to hydrolysis) is 1. The zero-order valence-electron chi connectivity index (χ0n) is 23.0. The maximum absolute atomic E-state index is 13.2. The summed E-state index contributed by atoms with van der Waals surface area (Å²) in [6.45, 7) is 5.21. The lowest BCUT2D eigenvalue weighted by Gasteiger charge is -2.21. The number of carbonyl (C=O) groups excluding carboxylic acids is 2. The predicted molar refractivity (Wildman–Crippen MR) is 155 cm³/mol. The van der Waals surface area contributed by atoms with Crippen molar-refractivity contribution in [3.05, 3.63) is 102 Å². The van der Waals surface area contributed by atoms with Crippen LogP contribution in [-0.2, 0) is 38.5 Å². The van der Waals surface area contributed by atoms with Gasteiger partial charge in [-0.2, -0.15) is 0 Å². The van der Waals surface area contributed by atoms with Crippen LogP contribution in [0, 0.1) is 0 Å². The third-order valence-corrected chi connectivity index (χ3v) is 7.50. The topological polar surface area (TPSA) is 115 Å².